The van der Waals surface area contributed by atoms with E-state index in [1.807, 2.05) is 6.92 Å². The molecule has 0 aromatic rings. The Morgan fingerprint density at radius 3 is 2.95 bits per heavy atom. The van der Waals surface area contributed by atoms with Gasteiger partial charge >= 0.3 is 6.03 Å². The first-order valence-corrected chi connectivity index (χ1v) is 7.13. The van der Waals surface area contributed by atoms with Crippen LogP contribution in [0.5, 0.6) is 0 Å². The van der Waals surface area contributed by atoms with Gasteiger partial charge in [0.15, 0.2) is 0 Å². The number of nitrogens with zero attached hydrogens (tertiary/aromatic N) is 1. The Hall–Kier alpha value is -0.850. The molecule has 0 saturated carbocycles. The van der Waals surface area contributed by atoms with Crippen LogP contribution in [0.1, 0.15) is 19.8 Å². The highest BCUT2D eigenvalue weighted by Crippen LogP contribution is 2.11. The molecule has 2 heterocycles. The molecule has 0 aliphatic carbocycles. The normalized spacial score (nSPS) is 27.5. The maximum atomic E-state index is 12.0. The van der Waals surface area contributed by atoms with Crippen LogP contribution in [-0.2, 0) is 14.2 Å². The summed E-state index contributed by atoms with van der Waals surface area (Å²) in [6, 6.07) is -0.0275. The van der Waals surface area contributed by atoms with E-state index in [-0.39, 0.29) is 18.2 Å². The fourth-order valence-electron chi connectivity index (χ4n) is 2.37. The van der Waals surface area contributed by atoms with Crippen molar-refractivity contribution < 1.29 is 19.0 Å². The van der Waals surface area contributed by atoms with Crippen LogP contribution in [0.15, 0.2) is 0 Å². The van der Waals surface area contributed by atoms with Gasteiger partial charge < -0.3 is 24.4 Å². The lowest BCUT2D eigenvalue weighted by Crippen LogP contribution is -2.51. The lowest BCUT2D eigenvalue weighted by Gasteiger charge is -2.33. The number of carbonyl (C=O) groups is 1. The van der Waals surface area contributed by atoms with Gasteiger partial charge in [-0.1, -0.05) is 0 Å². The van der Waals surface area contributed by atoms with Crippen LogP contribution in [0.4, 0.5) is 4.79 Å². The van der Waals surface area contributed by atoms with E-state index in [1.54, 1.807) is 4.90 Å². The van der Waals surface area contributed by atoms with Crippen molar-refractivity contribution in [3.63, 3.8) is 0 Å². The molecule has 0 spiro atoms. The first-order chi connectivity index (χ1) is 9.29. The quantitative estimate of drug-likeness (QED) is 0.797. The van der Waals surface area contributed by atoms with Crippen LogP contribution >= 0.6 is 0 Å². The molecule has 110 valence electrons. The van der Waals surface area contributed by atoms with Gasteiger partial charge in [-0.05, 0) is 19.8 Å². The summed E-state index contributed by atoms with van der Waals surface area (Å²) in [5.74, 6) is 0. The molecule has 6 nitrogen and oxygen atoms in total. The van der Waals surface area contributed by atoms with Crippen molar-refractivity contribution in [3.05, 3.63) is 0 Å². The third kappa shape index (κ3) is 4.63. The van der Waals surface area contributed by atoms with Crippen LogP contribution in [0.3, 0.4) is 0 Å². The average Bonchev–Trinajstić information content (AvgIpc) is 2.96. The molecule has 6 heteroatoms. The van der Waals surface area contributed by atoms with Gasteiger partial charge in [0.2, 0.25) is 0 Å². The molecule has 1 N–H and O–H groups in total. The highest BCUT2D eigenvalue weighted by atomic mass is 16.5. The Kier molecular flexibility index (Phi) is 5.88. The molecule has 2 rings (SSSR count). The van der Waals surface area contributed by atoms with Gasteiger partial charge in [0.25, 0.3) is 0 Å². The third-order valence-corrected chi connectivity index (χ3v) is 3.44. The SMILES string of the molecule is CCOCC1CN(C(=O)NCC2CCCO2)CCO1. The molecule has 2 unspecified atom stereocenters. The van der Waals surface area contributed by atoms with Gasteiger partial charge in [-0.3, -0.25) is 0 Å². The van der Waals surface area contributed by atoms with Gasteiger partial charge in [-0.15, -0.1) is 0 Å². The fraction of sp³-hybridized carbons (Fsp3) is 0.923. The summed E-state index contributed by atoms with van der Waals surface area (Å²) < 4.78 is 16.4. The summed E-state index contributed by atoms with van der Waals surface area (Å²) in [7, 11) is 0. The van der Waals surface area contributed by atoms with Gasteiger partial charge in [0, 0.05) is 26.3 Å². The average molecular weight is 272 g/mol. The van der Waals surface area contributed by atoms with Crippen molar-refractivity contribution in [2.45, 2.75) is 32.0 Å². The zero-order chi connectivity index (χ0) is 13.5. The van der Waals surface area contributed by atoms with Crippen molar-refractivity contribution in [1.29, 1.82) is 0 Å². The molecule has 0 bridgehead atoms. The van der Waals surface area contributed by atoms with Gasteiger partial charge in [0.1, 0.15) is 0 Å². The van der Waals surface area contributed by atoms with E-state index in [4.69, 9.17) is 14.2 Å². The summed E-state index contributed by atoms with van der Waals surface area (Å²) in [5, 5.41) is 2.94. The summed E-state index contributed by atoms with van der Waals surface area (Å²) in [6.07, 6.45) is 2.30. The van der Waals surface area contributed by atoms with Crippen LogP contribution in [-0.4, -0.2) is 69.2 Å². The Morgan fingerprint density at radius 2 is 2.21 bits per heavy atom. The topological polar surface area (TPSA) is 60.0 Å². The minimum Gasteiger partial charge on any atom is -0.379 e. The first kappa shape index (κ1) is 14.6. The number of rotatable bonds is 5. The molecule has 2 fully saturated rings. The van der Waals surface area contributed by atoms with Crippen molar-refractivity contribution in [2.75, 3.05) is 46.1 Å². The zero-order valence-corrected chi connectivity index (χ0v) is 11.6. The molecule has 0 aromatic carbocycles. The second kappa shape index (κ2) is 7.67. The van der Waals surface area contributed by atoms with E-state index >= 15 is 0 Å². The van der Waals surface area contributed by atoms with Crippen molar-refractivity contribution in [3.8, 4) is 0 Å². The summed E-state index contributed by atoms with van der Waals surface area (Å²) >= 11 is 0. The van der Waals surface area contributed by atoms with E-state index in [9.17, 15) is 4.79 Å². The maximum Gasteiger partial charge on any atom is 0.317 e. The minimum absolute atomic E-state index is 0.0119. The molecule has 2 atom stereocenters. The predicted molar refractivity (Wildman–Crippen MR) is 70.2 cm³/mol. The monoisotopic (exact) mass is 272 g/mol. The number of ether oxygens (including phenoxy) is 3. The second-order valence-electron chi connectivity index (χ2n) is 4.92. The Labute approximate surface area is 114 Å². The third-order valence-electron chi connectivity index (χ3n) is 3.44. The molecule has 0 radical (unpaired) electrons. The van der Waals surface area contributed by atoms with E-state index in [2.05, 4.69) is 5.32 Å². The van der Waals surface area contributed by atoms with E-state index in [0.29, 0.717) is 39.5 Å². The van der Waals surface area contributed by atoms with Gasteiger partial charge in [-0.25, -0.2) is 4.79 Å². The maximum absolute atomic E-state index is 12.0. The number of hydrogen-bond acceptors (Lipinski definition) is 4. The standard InChI is InChI=1S/C13H24N2O4/c1-2-17-10-12-9-15(5-7-19-12)13(16)14-8-11-4-3-6-18-11/h11-12H,2-10H2,1H3,(H,14,16). The van der Waals surface area contributed by atoms with Gasteiger partial charge in [-0.2, -0.15) is 0 Å². The number of morpholine rings is 1. The van der Waals surface area contributed by atoms with Crippen LogP contribution in [0.25, 0.3) is 0 Å². The Bertz CT molecular complexity index is 282. The number of hydrogen-bond donors (Lipinski definition) is 1. The minimum atomic E-state index is -0.0275. The van der Waals surface area contributed by atoms with Crippen molar-refractivity contribution in [1.82, 2.24) is 10.2 Å². The Balaban J connectivity index is 1.68. The number of carbonyl (C=O) groups excluding carboxylic acids is 1. The smallest absolute Gasteiger partial charge is 0.317 e. The molecular weight excluding hydrogens is 248 g/mol. The molecule has 2 amide bonds. The van der Waals surface area contributed by atoms with E-state index < -0.39 is 0 Å². The largest absolute Gasteiger partial charge is 0.379 e. The lowest BCUT2D eigenvalue weighted by molar-refractivity contribution is -0.0568. The Morgan fingerprint density at radius 1 is 1.37 bits per heavy atom. The van der Waals surface area contributed by atoms with Crippen LogP contribution in [0.2, 0.25) is 0 Å². The summed E-state index contributed by atoms with van der Waals surface area (Å²) in [5.41, 5.74) is 0. The number of nitrogens with one attached hydrogen (secondary N) is 1. The highest BCUT2D eigenvalue weighted by molar-refractivity contribution is 5.74. The molecule has 19 heavy (non-hydrogen) atoms. The molecule has 0 aromatic heterocycles. The van der Waals surface area contributed by atoms with Crippen LogP contribution < -0.4 is 5.32 Å². The van der Waals surface area contributed by atoms with E-state index in [0.717, 1.165) is 19.4 Å². The molecule has 2 aliphatic heterocycles. The number of amides is 2. The summed E-state index contributed by atoms with van der Waals surface area (Å²) in [4.78, 5) is 13.8. The molecule has 2 aliphatic rings. The first-order valence-electron chi connectivity index (χ1n) is 7.13. The highest BCUT2D eigenvalue weighted by Gasteiger charge is 2.25. The second-order valence-corrected chi connectivity index (χ2v) is 4.92. The summed E-state index contributed by atoms with van der Waals surface area (Å²) in [6.45, 7) is 6.40. The van der Waals surface area contributed by atoms with Crippen molar-refractivity contribution >= 4 is 6.03 Å². The zero-order valence-electron chi connectivity index (χ0n) is 11.6. The molecule has 2 saturated heterocycles. The molecular formula is C13H24N2O4. The van der Waals surface area contributed by atoms with Crippen LogP contribution in [0, 0.1) is 0 Å². The fourth-order valence-corrected chi connectivity index (χ4v) is 2.37. The lowest BCUT2D eigenvalue weighted by atomic mass is 10.2. The van der Waals surface area contributed by atoms with E-state index in [1.165, 1.54) is 0 Å². The predicted octanol–water partition coefficient (Wildman–Crippen LogP) is 0.612. The van der Waals surface area contributed by atoms with Crippen molar-refractivity contribution in [2.24, 2.45) is 0 Å². The van der Waals surface area contributed by atoms with Gasteiger partial charge in [0.05, 0.1) is 32.0 Å². The number of urea groups is 1.